The summed E-state index contributed by atoms with van der Waals surface area (Å²) in [4.78, 5) is 13.2. The predicted molar refractivity (Wildman–Crippen MR) is 110 cm³/mol. The first kappa shape index (κ1) is 20.2. The zero-order valence-corrected chi connectivity index (χ0v) is 18.0. The van der Waals surface area contributed by atoms with Crippen LogP contribution in [0.2, 0.25) is 0 Å². The third-order valence-electron chi connectivity index (χ3n) is 5.21. The number of ketones is 1. The van der Waals surface area contributed by atoms with E-state index in [-0.39, 0.29) is 11.5 Å². The largest absolute Gasteiger partial charge is 0.298 e. The molecule has 0 spiro atoms. The second kappa shape index (κ2) is 8.26. The van der Waals surface area contributed by atoms with Gasteiger partial charge in [-0.25, -0.2) is 8.42 Å². The Balaban J connectivity index is 1.81. The standard InChI is InChI=1S/C20H20BrNO3S2/c21-18-10-15(4-5-16(18)11-22)13-27(24,25)14-19(23)20(7-2-1-3-8-20)17-6-9-26-12-17/h4-6,9-10,12H,1-3,7-8,13-14H2. The Morgan fingerprint density at radius 3 is 2.56 bits per heavy atom. The van der Waals surface area contributed by atoms with E-state index < -0.39 is 21.0 Å². The molecule has 1 aromatic heterocycles. The van der Waals surface area contributed by atoms with Gasteiger partial charge in [-0.2, -0.15) is 16.6 Å². The zero-order chi connectivity index (χ0) is 19.5. The Hall–Kier alpha value is -1.49. The molecule has 3 rings (SSSR count). The normalized spacial score (nSPS) is 16.6. The maximum Gasteiger partial charge on any atom is 0.161 e. The van der Waals surface area contributed by atoms with Crippen molar-refractivity contribution in [2.75, 3.05) is 5.75 Å². The maximum absolute atomic E-state index is 13.2. The fraction of sp³-hybridized carbons (Fsp3) is 0.400. The van der Waals surface area contributed by atoms with Crippen LogP contribution in [0.5, 0.6) is 0 Å². The zero-order valence-electron chi connectivity index (χ0n) is 14.8. The van der Waals surface area contributed by atoms with Crippen LogP contribution in [0.3, 0.4) is 0 Å². The fourth-order valence-electron chi connectivity index (χ4n) is 3.80. The quantitative estimate of drug-likeness (QED) is 0.615. The molecule has 1 fully saturated rings. The second-order valence-electron chi connectivity index (χ2n) is 7.04. The Morgan fingerprint density at radius 1 is 1.22 bits per heavy atom. The van der Waals surface area contributed by atoms with Gasteiger partial charge in [-0.05, 0) is 68.9 Å². The fourth-order valence-corrected chi connectivity index (χ4v) is 6.54. The van der Waals surface area contributed by atoms with Crippen LogP contribution in [0.1, 0.15) is 48.8 Å². The highest BCUT2D eigenvalue weighted by atomic mass is 79.9. The molecule has 0 atom stereocenters. The molecule has 27 heavy (non-hydrogen) atoms. The molecule has 1 aliphatic carbocycles. The van der Waals surface area contributed by atoms with Gasteiger partial charge in [0.15, 0.2) is 15.6 Å². The van der Waals surface area contributed by atoms with Crippen molar-refractivity contribution in [2.24, 2.45) is 0 Å². The van der Waals surface area contributed by atoms with E-state index in [0.717, 1.165) is 37.7 Å². The van der Waals surface area contributed by atoms with E-state index in [2.05, 4.69) is 15.9 Å². The molecule has 4 nitrogen and oxygen atoms in total. The molecule has 0 unspecified atom stereocenters. The summed E-state index contributed by atoms with van der Waals surface area (Å²) in [5.74, 6) is -0.836. The summed E-state index contributed by atoms with van der Waals surface area (Å²) < 4.78 is 26.0. The van der Waals surface area contributed by atoms with E-state index in [0.29, 0.717) is 15.6 Å². The van der Waals surface area contributed by atoms with Gasteiger partial charge in [0.05, 0.1) is 16.7 Å². The van der Waals surface area contributed by atoms with Gasteiger partial charge in [0.1, 0.15) is 11.8 Å². The molecule has 1 aliphatic rings. The summed E-state index contributed by atoms with van der Waals surface area (Å²) in [5.41, 5.74) is 1.33. The first-order chi connectivity index (χ1) is 12.9. The van der Waals surface area contributed by atoms with Gasteiger partial charge in [-0.1, -0.05) is 25.3 Å². The maximum atomic E-state index is 13.2. The third-order valence-corrected chi connectivity index (χ3v) is 8.02. The van der Waals surface area contributed by atoms with E-state index >= 15 is 0 Å². The minimum absolute atomic E-state index is 0.187. The van der Waals surface area contributed by atoms with E-state index in [9.17, 15) is 13.2 Å². The number of nitriles is 1. The van der Waals surface area contributed by atoms with Crippen molar-refractivity contribution in [3.8, 4) is 6.07 Å². The van der Waals surface area contributed by atoms with Crippen molar-refractivity contribution >= 4 is 42.9 Å². The van der Waals surface area contributed by atoms with Crippen LogP contribution in [-0.2, 0) is 25.8 Å². The van der Waals surface area contributed by atoms with Crippen molar-refractivity contribution in [1.82, 2.24) is 0 Å². The molecule has 0 amide bonds. The number of halogens is 1. The predicted octanol–water partition coefficient (Wildman–Crippen LogP) is 4.77. The molecular formula is C20H20BrNO3S2. The molecule has 0 aliphatic heterocycles. The van der Waals surface area contributed by atoms with Gasteiger partial charge in [-0.15, -0.1) is 0 Å². The summed E-state index contributed by atoms with van der Waals surface area (Å²) in [6.45, 7) is 0. The molecule has 0 saturated heterocycles. The number of hydrogen-bond donors (Lipinski definition) is 0. The highest BCUT2D eigenvalue weighted by Gasteiger charge is 2.42. The minimum atomic E-state index is -3.60. The molecule has 0 N–H and O–H groups in total. The summed E-state index contributed by atoms with van der Waals surface area (Å²) >= 11 is 4.82. The molecule has 2 aromatic rings. The van der Waals surface area contributed by atoms with Gasteiger partial charge in [0, 0.05) is 4.47 Å². The number of sulfone groups is 1. The first-order valence-corrected chi connectivity index (χ1v) is 12.4. The van der Waals surface area contributed by atoms with Crippen LogP contribution < -0.4 is 0 Å². The Bertz CT molecular complexity index is 969. The number of carbonyl (C=O) groups is 1. The van der Waals surface area contributed by atoms with Gasteiger partial charge in [0.2, 0.25) is 0 Å². The molecule has 142 valence electrons. The number of nitrogens with zero attached hydrogens (tertiary/aromatic N) is 1. The van der Waals surface area contributed by atoms with Crippen LogP contribution in [0.4, 0.5) is 0 Å². The molecule has 0 radical (unpaired) electrons. The Kier molecular flexibility index (Phi) is 6.19. The first-order valence-electron chi connectivity index (χ1n) is 8.81. The van der Waals surface area contributed by atoms with E-state index in [1.807, 2.05) is 22.9 Å². The highest BCUT2D eigenvalue weighted by Crippen LogP contribution is 2.41. The number of Topliss-reactive ketones (excluding diaryl/α,β-unsaturated/α-hetero) is 1. The smallest absolute Gasteiger partial charge is 0.161 e. The number of carbonyl (C=O) groups excluding carboxylic acids is 1. The number of hydrogen-bond acceptors (Lipinski definition) is 5. The van der Waals surface area contributed by atoms with Crippen molar-refractivity contribution in [3.05, 3.63) is 56.2 Å². The average Bonchev–Trinajstić information content (AvgIpc) is 3.17. The van der Waals surface area contributed by atoms with Crippen molar-refractivity contribution < 1.29 is 13.2 Å². The molecule has 1 saturated carbocycles. The van der Waals surface area contributed by atoms with Gasteiger partial charge >= 0.3 is 0 Å². The highest BCUT2D eigenvalue weighted by molar-refractivity contribution is 9.10. The van der Waals surface area contributed by atoms with Gasteiger partial charge in [-0.3, -0.25) is 4.79 Å². The lowest BCUT2D eigenvalue weighted by molar-refractivity contribution is -0.123. The molecule has 1 aromatic carbocycles. The van der Waals surface area contributed by atoms with Gasteiger partial charge in [0.25, 0.3) is 0 Å². The Morgan fingerprint density at radius 2 is 1.96 bits per heavy atom. The average molecular weight is 466 g/mol. The lowest BCUT2D eigenvalue weighted by atomic mass is 9.68. The monoisotopic (exact) mass is 465 g/mol. The number of thiophene rings is 1. The van der Waals surface area contributed by atoms with Crippen LogP contribution >= 0.6 is 27.3 Å². The topological polar surface area (TPSA) is 75.0 Å². The molecule has 0 bridgehead atoms. The van der Waals surface area contributed by atoms with Crippen LogP contribution in [0.15, 0.2) is 39.5 Å². The number of rotatable bonds is 6. The summed E-state index contributed by atoms with van der Waals surface area (Å²) in [6.07, 6.45) is 4.43. The van der Waals surface area contributed by atoms with Gasteiger partial charge < -0.3 is 0 Å². The lowest BCUT2D eigenvalue weighted by Gasteiger charge is -2.35. The van der Waals surface area contributed by atoms with Crippen LogP contribution in [-0.4, -0.2) is 20.0 Å². The van der Waals surface area contributed by atoms with Crippen LogP contribution in [0.25, 0.3) is 0 Å². The second-order valence-corrected chi connectivity index (χ2v) is 10.7. The molecule has 1 heterocycles. The van der Waals surface area contributed by atoms with E-state index in [4.69, 9.17) is 5.26 Å². The lowest BCUT2D eigenvalue weighted by Crippen LogP contribution is -2.41. The molecule has 7 heteroatoms. The minimum Gasteiger partial charge on any atom is -0.298 e. The van der Waals surface area contributed by atoms with Crippen molar-refractivity contribution in [2.45, 2.75) is 43.3 Å². The molecular weight excluding hydrogens is 446 g/mol. The van der Waals surface area contributed by atoms with E-state index in [1.54, 1.807) is 29.5 Å². The number of benzene rings is 1. The van der Waals surface area contributed by atoms with E-state index in [1.165, 1.54) is 0 Å². The summed E-state index contributed by atoms with van der Waals surface area (Å²) in [6, 6.07) is 8.84. The summed E-state index contributed by atoms with van der Waals surface area (Å²) in [5, 5.41) is 12.9. The third kappa shape index (κ3) is 4.50. The summed E-state index contributed by atoms with van der Waals surface area (Å²) in [7, 11) is -3.60. The van der Waals surface area contributed by atoms with Crippen molar-refractivity contribution in [3.63, 3.8) is 0 Å². The Labute approximate surface area is 172 Å². The van der Waals surface area contributed by atoms with Crippen molar-refractivity contribution in [1.29, 1.82) is 5.26 Å². The van der Waals surface area contributed by atoms with Crippen LogP contribution in [0, 0.1) is 11.3 Å². The SMILES string of the molecule is N#Cc1ccc(CS(=O)(=O)CC(=O)C2(c3ccsc3)CCCCC2)cc1Br.